The highest BCUT2D eigenvalue weighted by atomic mass is 16.1. The lowest BCUT2D eigenvalue weighted by Gasteiger charge is -2.07. The molecule has 0 spiro atoms. The standard InChI is InChI=1S/C13H10N4O/c14-13(18)12-7-9-3-1-2-4-11(9)17(12)10-5-6-15-16-8-10/h1-8H,(H2,14,18). The minimum atomic E-state index is -0.469. The zero-order chi connectivity index (χ0) is 12.5. The SMILES string of the molecule is NC(=O)c1cc2ccccc2n1-c1ccnnc1. The molecule has 0 fully saturated rings. The van der Waals surface area contributed by atoms with Crippen LogP contribution < -0.4 is 5.73 Å². The molecule has 0 saturated carbocycles. The van der Waals surface area contributed by atoms with Gasteiger partial charge in [-0.05, 0) is 18.2 Å². The Morgan fingerprint density at radius 2 is 2.00 bits per heavy atom. The van der Waals surface area contributed by atoms with Crippen molar-refractivity contribution in [1.29, 1.82) is 0 Å². The summed E-state index contributed by atoms with van der Waals surface area (Å²) >= 11 is 0. The summed E-state index contributed by atoms with van der Waals surface area (Å²) in [7, 11) is 0. The van der Waals surface area contributed by atoms with E-state index in [0.29, 0.717) is 5.69 Å². The van der Waals surface area contributed by atoms with Crippen LogP contribution in [0.15, 0.2) is 48.8 Å². The molecule has 18 heavy (non-hydrogen) atoms. The van der Waals surface area contributed by atoms with Crippen LogP contribution in [0.3, 0.4) is 0 Å². The number of aromatic nitrogens is 3. The molecule has 5 heteroatoms. The lowest BCUT2D eigenvalue weighted by molar-refractivity contribution is 0.0994. The molecule has 3 rings (SSSR count). The normalized spacial score (nSPS) is 10.7. The van der Waals surface area contributed by atoms with Crippen LogP contribution in [0.1, 0.15) is 10.5 Å². The second-order valence-corrected chi connectivity index (χ2v) is 3.89. The number of benzene rings is 1. The number of hydrogen-bond donors (Lipinski definition) is 1. The van der Waals surface area contributed by atoms with Crippen molar-refractivity contribution in [3.8, 4) is 5.69 Å². The number of rotatable bonds is 2. The molecule has 0 bridgehead atoms. The number of carbonyl (C=O) groups excluding carboxylic acids is 1. The molecule has 88 valence electrons. The smallest absolute Gasteiger partial charge is 0.265 e. The summed E-state index contributed by atoms with van der Waals surface area (Å²) < 4.78 is 1.78. The van der Waals surface area contributed by atoms with Crippen LogP contribution >= 0.6 is 0 Å². The van der Waals surface area contributed by atoms with Gasteiger partial charge in [-0.15, -0.1) is 0 Å². The Morgan fingerprint density at radius 3 is 2.72 bits per heavy atom. The summed E-state index contributed by atoms with van der Waals surface area (Å²) in [5, 5.41) is 8.52. The van der Waals surface area contributed by atoms with Crippen molar-refractivity contribution in [2.45, 2.75) is 0 Å². The Kier molecular flexibility index (Phi) is 2.30. The highest BCUT2D eigenvalue weighted by Crippen LogP contribution is 2.23. The summed E-state index contributed by atoms with van der Waals surface area (Å²) in [6.45, 7) is 0. The minimum Gasteiger partial charge on any atom is -0.364 e. The fourth-order valence-corrected chi connectivity index (χ4v) is 2.03. The molecular weight excluding hydrogens is 228 g/mol. The number of hydrogen-bond acceptors (Lipinski definition) is 3. The predicted molar refractivity (Wildman–Crippen MR) is 67.4 cm³/mol. The predicted octanol–water partition coefficient (Wildman–Crippen LogP) is 1.52. The first-order valence-electron chi connectivity index (χ1n) is 5.45. The Balaban J connectivity index is 2.38. The van der Waals surface area contributed by atoms with Crippen molar-refractivity contribution in [2.24, 2.45) is 5.73 Å². The number of fused-ring (bicyclic) bond motifs is 1. The van der Waals surface area contributed by atoms with E-state index in [1.165, 1.54) is 0 Å². The topological polar surface area (TPSA) is 73.8 Å². The Hall–Kier alpha value is -2.69. The monoisotopic (exact) mass is 238 g/mol. The molecule has 0 radical (unpaired) electrons. The molecule has 0 aliphatic rings. The zero-order valence-electron chi connectivity index (χ0n) is 9.45. The van der Waals surface area contributed by atoms with Gasteiger partial charge >= 0.3 is 0 Å². The van der Waals surface area contributed by atoms with Crippen molar-refractivity contribution >= 4 is 16.8 Å². The van der Waals surface area contributed by atoms with Gasteiger partial charge in [-0.3, -0.25) is 4.79 Å². The molecule has 0 unspecified atom stereocenters. The van der Waals surface area contributed by atoms with Crippen LogP contribution in [-0.2, 0) is 0 Å². The van der Waals surface area contributed by atoms with E-state index in [1.807, 2.05) is 24.3 Å². The van der Waals surface area contributed by atoms with Crippen LogP contribution in [0.4, 0.5) is 0 Å². The van der Waals surface area contributed by atoms with Gasteiger partial charge in [0.25, 0.3) is 5.91 Å². The van der Waals surface area contributed by atoms with E-state index in [0.717, 1.165) is 16.6 Å². The van der Waals surface area contributed by atoms with Gasteiger partial charge in [0, 0.05) is 5.39 Å². The molecule has 2 N–H and O–H groups in total. The molecule has 3 aromatic rings. The summed E-state index contributed by atoms with van der Waals surface area (Å²) in [6.07, 6.45) is 3.17. The molecule has 0 aliphatic heterocycles. The van der Waals surface area contributed by atoms with Gasteiger partial charge in [0.05, 0.1) is 23.6 Å². The Labute approximate surface area is 103 Å². The third kappa shape index (κ3) is 1.53. The van der Waals surface area contributed by atoms with Gasteiger partial charge in [-0.1, -0.05) is 18.2 Å². The third-order valence-corrected chi connectivity index (χ3v) is 2.79. The van der Waals surface area contributed by atoms with Gasteiger partial charge in [-0.2, -0.15) is 10.2 Å². The highest BCUT2D eigenvalue weighted by Gasteiger charge is 2.14. The third-order valence-electron chi connectivity index (χ3n) is 2.79. The first-order chi connectivity index (χ1) is 8.77. The maximum atomic E-state index is 11.5. The van der Waals surface area contributed by atoms with Gasteiger partial charge in [0.2, 0.25) is 0 Å². The van der Waals surface area contributed by atoms with E-state index in [-0.39, 0.29) is 0 Å². The van der Waals surface area contributed by atoms with E-state index in [1.54, 1.807) is 29.1 Å². The number of nitrogens with two attached hydrogens (primary N) is 1. The number of para-hydroxylation sites is 1. The van der Waals surface area contributed by atoms with Crippen molar-refractivity contribution in [3.63, 3.8) is 0 Å². The number of amides is 1. The van der Waals surface area contributed by atoms with Crippen LogP contribution in [0.2, 0.25) is 0 Å². The highest BCUT2D eigenvalue weighted by molar-refractivity contribution is 5.99. The zero-order valence-corrected chi connectivity index (χ0v) is 9.45. The van der Waals surface area contributed by atoms with Gasteiger partial charge < -0.3 is 10.3 Å². The van der Waals surface area contributed by atoms with Gasteiger partial charge in [-0.25, -0.2) is 0 Å². The molecule has 1 amide bonds. The summed E-state index contributed by atoms with van der Waals surface area (Å²) in [4.78, 5) is 11.5. The van der Waals surface area contributed by atoms with E-state index in [2.05, 4.69) is 10.2 Å². The lowest BCUT2D eigenvalue weighted by atomic mass is 10.2. The molecule has 1 aromatic carbocycles. The maximum absolute atomic E-state index is 11.5. The van der Waals surface area contributed by atoms with Crippen molar-refractivity contribution < 1.29 is 4.79 Å². The average Bonchev–Trinajstić information content (AvgIpc) is 2.79. The van der Waals surface area contributed by atoms with Crippen LogP contribution in [0.25, 0.3) is 16.6 Å². The minimum absolute atomic E-state index is 0.434. The molecule has 2 aromatic heterocycles. The Morgan fingerprint density at radius 1 is 1.17 bits per heavy atom. The summed E-state index contributed by atoms with van der Waals surface area (Å²) in [5.74, 6) is -0.469. The van der Waals surface area contributed by atoms with Crippen molar-refractivity contribution in [2.75, 3.05) is 0 Å². The van der Waals surface area contributed by atoms with Crippen LogP contribution in [0, 0.1) is 0 Å². The fraction of sp³-hybridized carbons (Fsp3) is 0. The van der Waals surface area contributed by atoms with Gasteiger partial charge in [0.1, 0.15) is 5.69 Å². The fourth-order valence-electron chi connectivity index (χ4n) is 2.03. The molecule has 0 aliphatic carbocycles. The van der Waals surface area contributed by atoms with E-state index in [9.17, 15) is 4.79 Å². The average molecular weight is 238 g/mol. The second-order valence-electron chi connectivity index (χ2n) is 3.89. The number of primary amides is 1. The largest absolute Gasteiger partial charge is 0.364 e. The summed E-state index contributed by atoms with van der Waals surface area (Å²) in [5.41, 5.74) is 7.53. The lowest BCUT2D eigenvalue weighted by Crippen LogP contribution is -2.16. The molecule has 0 saturated heterocycles. The van der Waals surface area contributed by atoms with E-state index >= 15 is 0 Å². The first kappa shape index (κ1) is 10.5. The van der Waals surface area contributed by atoms with E-state index < -0.39 is 5.91 Å². The van der Waals surface area contributed by atoms with Crippen LogP contribution in [-0.4, -0.2) is 20.7 Å². The summed E-state index contributed by atoms with van der Waals surface area (Å²) in [6, 6.07) is 11.3. The van der Waals surface area contributed by atoms with Crippen molar-refractivity contribution in [3.05, 3.63) is 54.5 Å². The van der Waals surface area contributed by atoms with Gasteiger partial charge in [0.15, 0.2) is 0 Å². The molecule has 0 atom stereocenters. The quantitative estimate of drug-likeness (QED) is 0.735. The van der Waals surface area contributed by atoms with Crippen LogP contribution in [0.5, 0.6) is 0 Å². The number of nitrogens with zero attached hydrogens (tertiary/aromatic N) is 3. The maximum Gasteiger partial charge on any atom is 0.265 e. The number of carbonyl (C=O) groups is 1. The molecule has 5 nitrogen and oxygen atoms in total. The second kappa shape index (κ2) is 3.96. The molecular formula is C13H10N4O. The van der Waals surface area contributed by atoms with Crippen molar-refractivity contribution in [1.82, 2.24) is 14.8 Å². The molecule has 2 heterocycles. The Bertz CT molecular complexity index is 718. The van der Waals surface area contributed by atoms with E-state index in [4.69, 9.17) is 5.73 Å². The first-order valence-corrected chi connectivity index (χ1v) is 5.45.